The summed E-state index contributed by atoms with van der Waals surface area (Å²) in [6.45, 7) is 1.82. The standard InChI is InChI=1S/C16H11BrFNO/c1-10-5-2-3-6-11(10)13(9-19)16(20)12-7-4-8-14(17)15(12)18/h2-8,13H,1H3. The molecule has 4 heteroatoms. The highest BCUT2D eigenvalue weighted by atomic mass is 79.9. The minimum Gasteiger partial charge on any atom is -0.292 e. The van der Waals surface area contributed by atoms with E-state index in [0.717, 1.165) is 5.56 Å². The average Bonchev–Trinajstić information content (AvgIpc) is 2.44. The number of hydrogen-bond donors (Lipinski definition) is 0. The average molecular weight is 332 g/mol. The third kappa shape index (κ3) is 2.63. The van der Waals surface area contributed by atoms with Crippen LogP contribution in [0.5, 0.6) is 0 Å². The van der Waals surface area contributed by atoms with Crippen LogP contribution in [0.15, 0.2) is 46.9 Å². The molecule has 0 aliphatic heterocycles. The number of rotatable bonds is 3. The molecule has 0 aliphatic carbocycles. The topological polar surface area (TPSA) is 40.9 Å². The van der Waals surface area contributed by atoms with E-state index < -0.39 is 17.5 Å². The summed E-state index contributed by atoms with van der Waals surface area (Å²) in [4.78, 5) is 12.4. The zero-order valence-electron chi connectivity index (χ0n) is 10.7. The molecule has 0 aromatic heterocycles. The van der Waals surface area contributed by atoms with Gasteiger partial charge in [0.15, 0.2) is 5.78 Å². The molecular formula is C16H11BrFNO. The summed E-state index contributed by atoms with van der Waals surface area (Å²) < 4.78 is 14.2. The molecule has 1 unspecified atom stereocenters. The molecule has 0 aliphatic rings. The minimum absolute atomic E-state index is 0.0748. The number of aryl methyl sites for hydroxylation is 1. The monoisotopic (exact) mass is 331 g/mol. The van der Waals surface area contributed by atoms with Crippen LogP contribution in [0.1, 0.15) is 27.4 Å². The van der Waals surface area contributed by atoms with Crippen molar-refractivity contribution in [2.24, 2.45) is 0 Å². The van der Waals surface area contributed by atoms with Gasteiger partial charge in [-0.1, -0.05) is 30.3 Å². The first-order valence-electron chi connectivity index (χ1n) is 5.99. The Morgan fingerprint density at radius 1 is 1.25 bits per heavy atom. The molecule has 0 bridgehead atoms. The maximum atomic E-state index is 14.0. The predicted molar refractivity (Wildman–Crippen MR) is 78.0 cm³/mol. The second kappa shape index (κ2) is 5.98. The molecule has 100 valence electrons. The fourth-order valence-corrected chi connectivity index (χ4v) is 2.40. The molecular weight excluding hydrogens is 321 g/mol. The van der Waals surface area contributed by atoms with Crippen LogP contribution in [0.4, 0.5) is 4.39 Å². The number of ketones is 1. The lowest BCUT2D eigenvalue weighted by Crippen LogP contribution is -2.14. The molecule has 0 saturated heterocycles. The number of hydrogen-bond acceptors (Lipinski definition) is 2. The lowest BCUT2D eigenvalue weighted by molar-refractivity contribution is 0.0974. The first-order valence-corrected chi connectivity index (χ1v) is 6.79. The maximum absolute atomic E-state index is 14.0. The molecule has 1 atom stereocenters. The Bertz CT molecular complexity index is 706. The molecule has 0 saturated carbocycles. The molecule has 0 amide bonds. The Morgan fingerprint density at radius 2 is 1.95 bits per heavy atom. The van der Waals surface area contributed by atoms with Gasteiger partial charge in [0.1, 0.15) is 11.7 Å². The zero-order valence-corrected chi connectivity index (χ0v) is 12.3. The number of nitriles is 1. The van der Waals surface area contributed by atoms with E-state index in [-0.39, 0.29) is 10.0 Å². The number of carbonyl (C=O) groups excluding carboxylic acids is 1. The summed E-state index contributed by atoms with van der Waals surface area (Å²) >= 11 is 3.05. The van der Waals surface area contributed by atoms with Crippen molar-refractivity contribution in [2.75, 3.05) is 0 Å². The van der Waals surface area contributed by atoms with Gasteiger partial charge in [-0.15, -0.1) is 0 Å². The molecule has 20 heavy (non-hydrogen) atoms. The lowest BCUT2D eigenvalue weighted by Gasteiger charge is -2.12. The van der Waals surface area contributed by atoms with Crippen LogP contribution >= 0.6 is 15.9 Å². The van der Waals surface area contributed by atoms with Gasteiger partial charge < -0.3 is 0 Å². The van der Waals surface area contributed by atoms with Gasteiger partial charge in [-0.25, -0.2) is 4.39 Å². The molecule has 0 N–H and O–H groups in total. The highest BCUT2D eigenvalue weighted by molar-refractivity contribution is 9.10. The van der Waals surface area contributed by atoms with Crippen molar-refractivity contribution in [3.8, 4) is 6.07 Å². The largest absolute Gasteiger partial charge is 0.292 e. The number of Topliss-reactive ketones (excluding diaryl/α,β-unsaturated/α-hetero) is 1. The Hall–Kier alpha value is -1.99. The lowest BCUT2D eigenvalue weighted by atomic mass is 9.89. The number of halogens is 2. The van der Waals surface area contributed by atoms with Crippen molar-refractivity contribution in [2.45, 2.75) is 12.8 Å². The second-order valence-corrected chi connectivity index (χ2v) is 5.24. The van der Waals surface area contributed by atoms with Crippen LogP contribution in [0, 0.1) is 24.1 Å². The molecule has 0 radical (unpaired) electrons. The van der Waals surface area contributed by atoms with Crippen LogP contribution in [-0.2, 0) is 0 Å². The van der Waals surface area contributed by atoms with Crippen molar-refractivity contribution >= 4 is 21.7 Å². The van der Waals surface area contributed by atoms with E-state index in [1.54, 1.807) is 18.2 Å². The first kappa shape index (κ1) is 14.4. The quantitative estimate of drug-likeness (QED) is 0.783. The van der Waals surface area contributed by atoms with E-state index in [2.05, 4.69) is 15.9 Å². The smallest absolute Gasteiger partial charge is 0.187 e. The van der Waals surface area contributed by atoms with Crippen LogP contribution in [0.2, 0.25) is 0 Å². The summed E-state index contributed by atoms with van der Waals surface area (Å²) in [5, 5.41) is 9.29. The van der Waals surface area contributed by atoms with Crippen molar-refractivity contribution in [3.05, 3.63) is 69.4 Å². The summed E-state index contributed by atoms with van der Waals surface area (Å²) in [5.74, 6) is -2.16. The van der Waals surface area contributed by atoms with Crippen LogP contribution in [-0.4, -0.2) is 5.78 Å². The van der Waals surface area contributed by atoms with Crippen molar-refractivity contribution < 1.29 is 9.18 Å². The molecule has 2 rings (SSSR count). The molecule has 0 spiro atoms. The van der Waals surface area contributed by atoms with Crippen LogP contribution in [0.25, 0.3) is 0 Å². The number of carbonyl (C=O) groups is 1. The minimum atomic E-state index is -1.00. The van der Waals surface area contributed by atoms with E-state index in [4.69, 9.17) is 0 Å². The Kier molecular flexibility index (Phi) is 4.31. The van der Waals surface area contributed by atoms with Crippen molar-refractivity contribution in [1.82, 2.24) is 0 Å². The predicted octanol–water partition coefficient (Wildman–Crippen LogP) is 4.39. The van der Waals surface area contributed by atoms with E-state index in [0.29, 0.717) is 5.56 Å². The molecule has 2 nitrogen and oxygen atoms in total. The Balaban J connectivity index is 2.49. The summed E-state index contributed by atoms with van der Waals surface area (Å²) in [5.41, 5.74) is 1.37. The van der Waals surface area contributed by atoms with Gasteiger partial charge in [0.05, 0.1) is 16.1 Å². The number of benzene rings is 2. The molecule has 2 aromatic rings. The van der Waals surface area contributed by atoms with Gasteiger partial charge in [0.2, 0.25) is 0 Å². The van der Waals surface area contributed by atoms with Crippen LogP contribution < -0.4 is 0 Å². The maximum Gasteiger partial charge on any atom is 0.187 e. The summed E-state index contributed by atoms with van der Waals surface area (Å²) in [7, 11) is 0. The zero-order chi connectivity index (χ0) is 14.7. The summed E-state index contributed by atoms with van der Waals surface area (Å²) in [6, 6.07) is 13.6. The van der Waals surface area contributed by atoms with Crippen molar-refractivity contribution in [3.63, 3.8) is 0 Å². The Labute approximate surface area is 125 Å². The first-order chi connectivity index (χ1) is 9.56. The highest BCUT2D eigenvalue weighted by Gasteiger charge is 2.26. The van der Waals surface area contributed by atoms with Gasteiger partial charge in [0, 0.05) is 0 Å². The third-order valence-electron chi connectivity index (χ3n) is 3.11. The van der Waals surface area contributed by atoms with E-state index in [1.807, 2.05) is 25.1 Å². The van der Waals surface area contributed by atoms with Crippen molar-refractivity contribution in [1.29, 1.82) is 5.26 Å². The van der Waals surface area contributed by atoms with Crippen LogP contribution in [0.3, 0.4) is 0 Å². The third-order valence-corrected chi connectivity index (χ3v) is 3.72. The van der Waals surface area contributed by atoms with Gasteiger partial charge in [-0.2, -0.15) is 5.26 Å². The van der Waals surface area contributed by atoms with Gasteiger partial charge in [-0.3, -0.25) is 4.79 Å². The van der Waals surface area contributed by atoms with E-state index in [9.17, 15) is 14.4 Å². The SMILES string of the molecule is Cc1ccccc1C(C#N)C(=O)c1cccc(Br)c1F. The second-order valence-electron chi connectivity index (χ2n) is 4.38. The number of nitrogens with zero attached hydrogens (tertiary/aromatic N) is 1. The van der Waals surface area contributed by atoms with E-state index in [1.165, 1.54) is 12.1 Å². The fourth-order valence-electron chi connectivity index (χ4n) is 2.03. The summed E-state index contributed by atoms with van der Waals surface area (Å²) in [6.07, 6.45) is 0. The molecule has 0 heterocycles. The van der Waals surface area contributed by atoms with Gasteiger partial charge >= 0.3 is 0 Å². The van der Waals surface area contributed by atoms with E-state index >= 15 is 0 Å². The Morgan fingerprint density at radius 3 is 2.60 bits per heavy atom. The normalized spacial score (nSPS) is 11.7. The fraction of sp³-hybridized carbons (Fsp3) is 0.125. The van der Waals surface area contributed by atoms with Gasteiger partial charge in [-0.05, 0) is 46.1 Å². The van der Waals surface area contributed by atoms with Gasteiger partial charge in [0.25, 0.3) is 0 Å². The highest BCUT2D eigenvalue weighted by Crippen LogP contribution is 2.27. The molecule has 2 aromatic carbocycles. The molecule has 0 fully saturated rings.